The molecule has 0 aliphatic rings. The van der Waals surface area contributed by atoms with Crippen molar-refractivity contribution in [2.24, 2.45) is 11.0 Å². The van der Waals surface area contributed by atoms with Crippen molar-refractivity contribution >= 4 is 62.8 Å². The molecule has 4 aromatic rings. The second kappa shape index (κ2) is 12.3. The Morgan fingerprint density at radius 2 is 1.53 bits per heavy atom. The van der Waals surface area contributed by atoms with Crippen LogP contribution >= 0.6 is 23.2 Å². The van der Waals surface area contributed by atoms with Crippen LogP contribution in [0.15, 0.2) is 77.9 Å². The first-order valence-corrected chi connectivity index (χ1v) is 13.1. The highest BCUT2D eigenvalue weighted by atomic mass is 35.5. The molecule has 6 nitrogen and oxygen atoms in total. The number of carbonyl (C=O) groups excluding carboxylic acids is 2. The molecule has 0 fully saturated rings. The molecular weight excluding hydrogens is 521 g/mol. The summed E-state index contributed by atoms with van der Waals surface area (Å²) in [5, 5.41) is 12.0. The molecule has 0 saturated carbocycles. The van der Waals surface area contributed by atoms with Crippen LogP contribution < -0.4 is 15.5 Å². The molecule has 0 aromatic heterocycles. The fourth-order valence-electron chi connectivity index (χ4n) is 4.23. The van der Waals surface area contributed by atoms with Crippen LogP contribution in [0.25, 0.3) is 21.5 Å². The molecule has 38 heavy (non-hydrogen) atoms. The summed E-state index contributed by atoms with van der Waals surface area (Å²) in [5.74, 6) is -0.375. The zero-order valence-electron chi connectivity index (χ0n) is 21.4. The van der Waals surface area contributed by atoms with Gasteiger partial charge in [0.2, 0.25) is 0 Å². The van der Waals surface area contributed by atoms with Crippen molar-refractivity contribution in [3.63, 3.8) is 0 Å². The van der Waals surface area contributed by atoms with E-state index in [0.29, 0.717) is 22.2 Å². The van der Waals surface area contributed by atoms with E-state index in [-0.39, 0.29) is 5.92 Å². The summed E-state index contributed by atoms with van der Waals surface area (Å²) in [6.07, 6.45) is 1.20. The normalized spacial score (nSPS) is 13.1. The summed E-state index contributed by atoms with van der Waals surface area (Å²) in [6.45, 7) is 5.55. The van der Waals surface area contributed by atoms with Gasteiger partial charge in [-0.3, -0.25) is 9.59 Å². The van der Waals surface area contributed by atoms with Crippen molar-refractivity contribution in [2.45, 2.75) is 39.3 Å². The molecule has 8 heteroatoms. The smallest absolute Gasteiger partial charge is 0.262 e. The van der Waals surface area contributed by atoms with Gasteiger partial charge in [-0.05, 0) is 65.1 Å². The van der Waals surface area contributed by atoms with E-state index >= 15 is 0 Å². The summed E-state index contributed by atoms with van der Waals surface area (Å²) in [4.78, 5) is 26.0. The molecule has 0 aliphatic carbocycles. The molecule has 4 aromatic carbocycles. The van der Waals surface area contributed by atoms with E-state index in [1.807, 2.05) is 62.4 Å². The maximum Gasteiger partial charge on any atom is 0.262 e. The number of rotatable bonds is 9. The Labute approximate surface area is 232 Å². The highest BCUT2D eigenvalue weighted by Crippen LogP contribution is 2.29. The largest absolute Gasteiger partial charge is 0.479 e. The summed E-state index contributed by atoms with van der Waals surface area (Å²) in [5.41, 5.74) is 3.52. The third kappa shape index (κ3) is 6.63. The van der Waals surface area contributed by atoms with Crippen molar-refractivity contribution in [2.75, 3.05) is 0 Å². The van der Waals surface area contributed by atoms with Crippen LogP contribution in [-0.4, -0.2) is 30.2 Å². The highest BCUT2D eigenvalue weighted by Gasteiger charge is 2.25. The average Bonchev–Trinajstić information content (AvgIpc) is 2.89. The molecular formula is C30H29Cl2N3O3. The minimum absolute atomic E-state index is 0.152. The molecule has 2 N–H and O–H groups in total. The van der Waals surface area contributed by atoms with E-state index in [4.69, 9.17) is 27.9 Å². The Morgan fingerprint density at radius 3 is 2.13 bits per heavy atom. The Kier molecular flexibility index (Phi) is 8.87. The van der Waals surface area contributed by atoms with Crippen molar-refractivity contribution in [1.82, 2.24) is 10.7 Å². The van der Waals surface area contributed by atoms with Gasteiger partial charge >= 0.3 is 0 Å². The number of hydrogen-bond donors (Lipinski definition) is 2. The molecule has 2 amide bonds. The quantitative estimate of drug-likeness (QED) is 0.138. The summed E-state index contributed by atoms with van der Waals surface area (Å²) < 4.78 is 5.70. The lowest BCUT2D eigenvalue weighted by Gasteiger charge is -2.22. The molecule has 0 heterocycles. The minimum atomic E-state index is -0.887. The van der Waals surface area contributed by atoms with Crippen LogP contribution in [0.3, 0.4) is 0 Å². The molecule has 0 saturated heterocycles. The number of benzene rings is 4. The van der Waals surface area contributed by atoms with Crippen LogP contribution in [-0.2, 0) is 9.59 Å². The lowest BCUT2D eigenvalue weighted by molar-refractivity contribution is -0.132. The molecule has 0 radical (unpaired) electrons. The van der Waals surface area contributed by atoms with Gasteiger partial charge in [0.1, 0.15) is 11.8 Å². The van der Waals surface area contributed by atoms with Crippen molar-refractivity contribution < 1.29 is 14.3 Å². The molecule has 196 valence electrons. The van der Waals surface area contributed by atoms with E-state index in [1.165, 1.54) is 6.07 Å². The average molecular weight is 550 g/mol. The molecule has 4 rings (SSSR count). The first kappa shape index (κ1) is 27.4. The number of nitrogens with zero attached hydrogens (tertiary/aromatic N) is 1. The van der Waals surface area contributed by atoms with Gasteiger partial charge in [-0.15, -0.1) is 0 Å². The molecule has 0 spiro atoms. The van der Waals surface area contributed by atoms with Crippen LogP contribution in [0.5, 0.6) is 5.75 Å². The first-order chi connectivity index (χ1) is 18.2. The zero-order valence-corrected chi connectivity index (χ0v) is 22.9. The molecule has 0 unspecified atom stereocenters. The summed E-state index contributed by atoms with van der Waals surface area (Å²) in [7, 11) is 0. The fourth-order valence-corrected chi connectivity index (χ4v) is 4.69. The first-order valence-electron chi connectivity index (χ1n) is 12.4. The predicted octanol–water partition coefficient (Wildman–Crippen LogP) is 6.75. The molecule has 0 bridgehead atoms. The van der Waals surface area contributed by atoms with E-state index < -0.39 is 24.0 Å². The Morgan fingerprint density at radius 1 is 0.895 bits per heavy atom. The Balaban J connectivity index is 1.49. The van der Waals surface area contributed by atoms with E-state index in [0.717, 1.165) is 27.1 Å². The van der Waals surface area contributed by atoms with Crippen molar-refractivity contribution in [1.29, 1.82) is 0 Å². The van der Waals surface area contributed by atoms with Crippen LogP contribution in [0.4, 0.5) is 0 Å². The van der Waals surface area contributed by atoms with Gasteiger partial charge in [-0.1, -0.05) is 85.6 Å². The van der Waals surface area contributed by atoms with E-state index in [1.54, 1.807) is 25.3 Å². The minimum Gasteiger partial charge on any atom is -0.479 e. The summed E-state index contributed by atoms with van der Waals surface area (Å²) >= 11 is 12.1. The third-order valence-electron chi connectivity index (χ3n) is 6.09. The Bertz CT molecular complexity index is 1450. The van der Waals surface area contributed by atoms with Crippen LogP contribution in [0.2, 0.25) is 10.0 Å². The highest BCUT2D eigenvalue weighted by molar-refractivity contribution is 6.35. The van der Waals surface area contributed by atoms with Crippen LogP contribution in [0.1, 0.15) is 32.8 Å². The predicted molar refractivity (Wildman–Crippen MR) is 155 cm³/mol. The Hall–Kier alpha value is -3.61. The lowest BCUT2D eigenvalue weighted by atomic mass is 9.97. The second-order valence-electron chi connectivity index (χ2n) is 9.49. The number of ether oxygens (including phenoxy) is 1. The maximum atomic E-state index is 13.1. The van der Waals surface area contributed by atoms with Gasteiger partial charge in [0, 0.05) is 10.6 Å². The number of fused-ring (bicyclic) bond motifs is 2. The van der Waals surface area contributed by atoms with Gasteiger partial charge in [-0.25, -0.2) is 5.43 Å². The SMILES string of the molecule is CC(C)C[C@H](NC(=O)[C@@H](C)Oc1ccc(Cl)cc1Cl)C(=O)N/N=C\c1c2ccccc2cc2ccccc12. The van der Waals surface area contributed by atoms with Gasteiger partial charge in [-0.2, -0.15) is 5.10 Å². The van der Waals surface area contributed by atoms with E-state index in [9.17, 15) is 9.59 Å². The number of hydrazone groups is 1. The number of hydrogen-bond acceptors (Lipinski definition) is 4. The van der Waals surface area contributed by atoms with Crippen molar-refractivity contribution in [3.05, 3.63) is 88.4 Å². The lowest BCUT2D eigenvalue weighted by Crippen LogP contribution is -2.49. The van der Waals surface area contributed by atoms with Gasteiger partial charge in [0.05, 0.1) is 11.2 Å². The maximum absolute atomic E-state index is 13.1. The zero-order chi connectivity index (χ0) is 27.2. The van der Waals surface area contributed by atoms with Gasteiger partial charge in [0.25, 0.3) is 11.8 Å². The van der Waals surface area contributed by atoms with Crippen LogP contribution in [0, 0.1) is 5.92 Å². The third-order valence-corrected chi connectivity index (χ3v) is 6.62. The number of halogens is 2. The number of carbonyl (C=O) groups is 2. The van der Waals surface area contributed by atoms with Crippen molar-refractivity contribution in [3.8, 4) is 5.75 Å². The topological polar surface area (TPSA) is 79.8 Å². The van der Waals surface area contributed by atoms with Gasteiger partial charge < -0.3 is 10.1 Å². The van der Waals surface area contributed by atoms with Gasteiger partial charge in [0.15, 0.2) is 6.10 Å². The fraction of sp³-hybridized carbons (Fsp3) is 0.233. The summed E-state index contributed by atoms with van der Waals surface area (Å²) in [6, 6.07) is 22.2. The second-order valence-corrected chi connectivity index (χ2v) is 10.3. The molecule has 2 atom stereocenters. The standard InChI is InChI=1S/C30H29Cl2N3O3/c1-18(2)14-27(34-29(36)19(3)38-28-13-12-22(31)16-26(28)32)30(37)35-33-17-25-23-10-6-4-8-20(23)15-21-9-5-7-11-24(21)25/h4-13,15-19,27H,14H2,1-3H3,(H,34,36)(H,35,37)/b33-17-/t19-,27+/m1/s1. The monoisotopic (exact) mass is 549 g/mol. The number of amides is 2. The number of nitrogens with one attached hydrogen (secondary N) is 2. The molecule has 0 aliphatic heterocycles. The van der Waals surface area contributed by atoms with E-state index in [2.05, 4.69) is 21.9 Å².